The molecule has 0 saturated carbocycles. The van der Waals surface area contributed by atoms with E-state index in [0.717, 1.165) is 0 Å². The molecule has 1 aromatic carbocycles. The highest BCUT2D eigenvalue weighted by molar-refractivity contribution is 6.36. The Balaban J connectivity index is 2.31. The number of amides is 1. The van der Waals surface area contributed by atoms with Gasteiger partial charge in [0.05, 0.1) is 10.7 Å². The second-order valence-electron chi connectivity index (χ2n) is 3.95. The maximum atomic E-state index is 12.0. The molecule has 104 valence electrons. The van der Waals surface area contributed by atoms with Gasteiger partial charge in [0.1, 0.15) is 5.56 Å². The van der Waals surface area contributed by atoms with Crippen molar-refractivity contribution in [2.45, 2.75) is 0 Å². The van der Waals surface area contributed by atoms with E-state index in [1.54, 1.807) is 6.07 Å². The Morgan fingerprint density at radius 1 is 1.35 bits per heavy atom. The van der Waals surface area contributed by atoms with Crippen molar-refractivity contribution in [1.29, 1.82) is 0 Å². The number of carbonyl (C=O) groups excluding carboxylic acids is 1. The summed E-state index contributed by atoms with van der Waals surface area (Å²) >= 11 is 11.7. The normalized spacial score (nSPS) is 10.3. The second-order valence-corrected chi connectivity index (χ2v) is 4.79. The molecule has 0 spiro atoms. The highest BCUT2D eigenvalue weighted by atomic mass is 35.5. The van der Waals surface area contributed by atoms with E-state index in [1.807, 2.05) is 0 Å². The van der Waals surface area contributed by atoms with E-state index in [4.69, 9.17) is 28.3 Å². The number of carboxylic acid groups (broad SMARTS) is 1. The van der Waals surface area contributed by atoms with Crippen molar-refractivity contribution in [2.24, 2.45) is 7.05 Å². The minimum absolute atomic E-state index is 0.185. The first-order valence-corrected chi connectivity index (χ1v) is 6.17. The van der Waals surface area contributed by atoms with E-state index in [-0.39, 0.29) is 16.3 Å². The smallest absolute Gasteiger partial charge is 0.339 e. The summed E-state index contributed by atoms with van der Waals surface area (Å²) in [6.45, 7) is 0. The van der Waals surface area contributed by atoms with Crippen molar-refractivity contribution < 1.29 is 14.7 Å². The average molecular weight is 314 g/mol. The Hall–Kier alpha value is -2.05. The summed E-state index contributed by atoms with van der Waals surface area (Å²) < 4.78 is 1.25. The zero-order valence-corrected chi connectivity index (χ0v) is 11.7. The molecule has 1 amide bonds. The average Bonchev–Trinajstić information content (AvgIpc) is 2.75. The molecule has 0 atom stereocenters. The number of aryl methyl sites for hydroxylation is 1. The van der Waals surface area contributed by atoms with E-state index >= 15 is 0 Å². The van der Waals surface area contributed by atoms with Crippen LogP contribution in [0.25, 0.3) is 0 Å². The van der Waals surface area contributed by atoms with Gasteiger partial charge in [-0.3, -0.25) is 9.48 Å². The molecule has 0 aliphatic rings. The van der Waals surface area contributed by atoms with Crippen molar-refractivity contribution in [3.05, 3.63) is 45.7 Å². The quantitative estimate of drug-likeness (QED) is 0.912. The number of nitrogens with zero attached hydrogens (tertiary/aromatic N) is 2. The molecule has 2 rings (SSSR count). The fourth-order valence-corrected chi connectivity index (χ4v) is 2.04. The lowest BCUT2D eigenvalue weighted by atomic mass is 10.2. The minimum atomic E-state index is -1.23. The predicted molar refractivity (Wildman–Crippen MR) is 74.6 cm³/mol. The van der Waals surface area contributed by atoms with Crippen LogP contribution in [0.1, 0.15) is 20.8 Å². The molecule has 2 N–H and O–H groups in total. The number of hydrogen-bond donors (Lipinski definition) is 2. The number of carbonyl (C=O) groups is 2. The van der Waals surface area contributed by atoms with Crippen LogP contribution in [0.15, 0.2) is 24.4 Å². The van der Waals surface area contributed by atoms with Gasteiger partial charge in [-0.15, -0.1) is 0 Å². The number of aromatic nitrogens is 2. The van der Waals surface area contributed by atoms with Gasteiger partial charge >= 0.3 is 5.97 Å². The third kappa shape index (κ3) is 2.92. The first-order valence-electron chi connectivity index (χ1n) is 5.42. The minimum Gasteiger partial charge on any atom is -0.478 e. The van der Waals surface area contributed by atoms with Gasteiger partial charge in [-0.1, -0.05) is 23.2 Å². The largest absolute Gasteiger partial charge is 0.478 e. The van der Waals surface area contributed by atoms with Crippen LogP contribution < -0.4 is 5.32 Å². The molecule has 0 aliphatic carbocycles. The van der Waals surface area contributed by atoms with Gasteiger partial charge in [-0.2, -0.15) is 5.10 Å². The molecule has 8 heteroatoms. The molecule has 0 radical (unpaired) electrons. The molecule has 20 heavy (non-hydrogen) atoms. The van der Waals surface area contributed by atoms with E-state index in [0.29, 0.717) is 10.7 Å². The van der Waals surface area contributed by atoms with Crippen molar-refractivity contribution in [1.82, 2.24) is 9.78 Å². The van der Waals surface area contributed by atoms with Crippen LogP contribution in [0, 0.1) is 0 Å². The Morgan fingerprint density at radius 3 is 2.65 bits per heavy atom. The molecule has 1 aromatic heterocycles. The third-order valence-electron chi connectivity index (χ3n) is 2.45. The Morgan fingerprint density at radius 2 is 2.05 bits per heavy atom. The van der Waals surface area contributed by atoms with Crippen LogP contribution in [-0.2, 0) is 7.05 Å². The number of aromatic carboxylic acids is 1. The van der Waals surface area contributed by atoms with Crippen molar-refractivity contribution in [2.75, 3.05) is 5.32 Å². The van der Waals surface area contributed by atoms with Gasteiger partial charge in [-0.25, -0.2) is 4.79 Å². The van der Waals surface area contributed by atoms with Gasteiger partial charge in [0.2, 0.25) is 0 Å². The van der Waals surface area contributed by atoms with E-state index in [1.165, 1.54) is 30.1 Å². The van der Waals surface area contributed by atoms with Gasteiger partial charge < -0.3 is 10.4 Å². The second kappa shape index (κ2) is 5.52. The maximum absolute atomic E-state index is 12.0. The summed E-state index contributed by atoms with van der Waals surface area (Å²) in [5.74, 6) is -1.89. The maximum Gasteiger partial charge on any atom is 0.339 e. The fourth-order valence-electron chi connectivity index (χ4n) is 1.59. The number of carboxylic acids is 1. The zero-order chi connectivity index (χ0) is 14.9. The monoisotopic (exact) mass is 313 g/mol. The number of nitrogens with one attached hydrogen (secondary N) is 1. The number of benzene rings is 1. The fraction of sp³-hybridized carbons (Fsp3) is 0.0833. The van der Waals surface area contributed by atoms with Gasteiger partial charge in [0.25, 0.3) is 5.91 Å². The molecule has 0 bridgehead atoms. The summed E-state index contributed by atoms with van der Waals surface area (Å²) in [5, 5.41) is 16.0. The molecular formula is C12H9Cl2N3O3. The molecular weight excluding hydrogens is 305 g/mol. The van der Waals surface area contributed by atoms with E-state index in [9.17, 15) is 9.59 Å². The van der Waals surface area contributed by atoms with Crippen LogP contribution in [-0.4, -0.2) is 26.8 Å². The lowest BCUT2D eigenvalue weighted by Crippen LogP contribution is -2.16. The molecule has 0 aliphatic heterocycles. The number of rotatable bonds is 3. The molecule has 0 saturated heterocycles. The van der Waals surface area contributed by atoms with Crippen LogP contribution in [0.5, 0.6) is 0 Å². The van der Waals surface area contributed by atoms with Crippen LogP contribution in [0.2, 0.25) is 10.0 Å². The summed E-state index contributed by atoms with van der Waals surface area (Å²) in [5.41, 5.74) is -0.0517. The Kier molecular flexibility index (Phi) is 3.96. The molecule has 1 heterocycles. The summed E-state index contributed by atoms with van der Waals surface area (Å²) in [4.78, 5) is 23.1. The van der Waals surface area contributed by atoms with E-state index in [2.05, 4.69) is 10.4 Å². The third-order valence-corrected chi connectivity index (χ3v) is 3.00. The molecule has 0 unspecified atom stereocenters. The van der Waals surface area contributed by atoms with Crippen molar-refractivity contribution in [3.63, 3.8) is 0 Å². The highest BCUT2D eigenvalue weighted by Gasteiger charge is 2.21. The summed E-state index contributed by atoms with van der Waals surface area (Å²) in [7, 11) is 1.53. The molecule has 0 fully saturated rings. The number of anilines is 1. The first kappa shape index (κ1) is 14.4. The molecule has 6 nitrogen and oxygen atoms in total. The summed E-state index contributed by atoms with van der Waals surface area (Å²) in [6.07, 6.45) is 1.25. The number of hydrogen-bond acceptors (Lipinski definition) is 3. The van der Waals surface area contributed by atoms with Crippen molar-refractivity contribution in [3.8, 4) is 0 Å². The SMILES string of the molecule is Cn1cc(C(=O)O)c(C(=O)Nc2ccc(Cl)cc2Cl)n1. The Labute approximate surface area is 123 Å². The zero-order valence-electron chi connectivity index (χ0n) is 10.2. The lowest BCUT2D eigenvalue weighted by molar-refractivity contribution is 0.0692. The predicted octanol–water partition coefficient (Wildman–Crippen LogP) is 2.68. The van der Waals surface area contributed by atoms with E-state index < -0.39 is 11.9 Å². The summed E-state index contributed by atoms with van der Waals surface area (Å²) in [6, 6.07) is 4.54. The highest BCUT2D eigenvalue weighted by Crippen LogP contribution is 2.25. The first-order chi connectivity index (χ1) is 9.38. The van der Waals surface area contributed by atoms with Gasteiger partial charge in [0.15, 0.2) is 5.69 Å². The van der Waals surface area contributed by atoms with Gasteiger partial charge in [0, 0.05) is 18.3 Å². The van der Waals surface area contributed by atoms with Crippen molar-refractivity contribution >= 4 is 40.8 Å². The number of halogens is 2. The standard InChI is InChI=1S/C12H9Cl2N3O3/c1-17-5-7(12(19)20)10(16-17)11(18)15-9-3-2-6(13)4-8(9)14/h2-5H,1H3,(H,15,18)(H,19,20). The van der Waals surface area contributed by atoms with Crippen LogP contribution in [0.4, 0.5) is 5.69 Å². The van der Waals surface area contributed by atoms with Gasteiger partial charge in [-0.05, 0) is 18.2 Å². The topological polar surface area (TPSA) is 84.2 Å². The lowest BCUT2D eigenvalue weighted by Gasteiger charge is -2.06. The Bertz CT molecular complexity index is 697. The van der Waals surface area contributed by atoms with Crippen LogP contribution >= 0.6 is 23.2 Å². The molecule has 2 aromatic rings. The van der Waals surface area contributed by atoms with Crippen LogP contribution in [0.3, 0.4) is 0 Å².